The number of carbonyl (C=O) groups is 1. The Bertz CT molecular complexity index is 1070. The van der Waals surface area contributed by atoms with Crippen molar-refractivity contribution in [1.29, 1.82) is 0 Å². The van der Waals surface area contributed by atoms with Crippen molar-refractivity contribution in [2.24, 2.45) is 0 Å². The van der Waals surface area contributed by atoms with Crippen LogP contribution in [0.5, 0.6) is 5.88 Å². The number of aromatic nitrogens is 4. The maximum atomic E-state index is 12.9. The number of fused-ring (bicyclic) bond motifs is 1. The maximum Gasteiger partial charge on any atom is 0.456 e. The molecule has 3 rings (SSSR count). The highest BCUT2D eigenvalue weighted by Crippen LogP contribution is 2.35. The first-order valence-corrected chi connectivity index (χ1v) is 9.34. The fraction of sp³-hybridized carbons (Fsp3) is 0.368. The van der Waals surface area contributed by atoms with E-state index in [1.54, 1.807) is 12.3 Å². The Labute approximate surface area is 178 Å². The SMILES string of the molecule is O=C(NCCCO)c1nccc2nn(Cc3ccc(OCC(F)(F)C(F)(F)F)nc3)cc12. The summed E-state index contributed by atoms with van der Waals surface area (Å²) in [5, 5.41) is 16.3. The molecule has 13 heteroatoms. The standard InChI is InChI=1S/C19H18F5N5O3/c20-18(21,19(22,23)24)11-32-15-3-2-12(8-27-15)9-29-10-13-14(28-29)4-6-25-16(13)17(31)26-5-1-7-30/h2-4,6,8,10,30H,1,5,7,9,11H2,(H,26,31). The minimum atomic E-state index is -5.71. The molecule has 0 saturated carbocycles. The fourth-order valence-corrected chi connectivity index (χ4v) is 2.64. The third-order valence-electron chi connectivity index (χ3n) is 4.28. The molecule has 0 radical (unpaired) electrons. The number of carbonyl (C=O) groups excluding carboxylic acids is 1. The second-order valence-corrected chi connectivity index (χ2v) is 6.75. The van der Waals surface area contributed by atoms with Gasteiger partial charge in [-0.1, -0.05) is 6.07 Å². The van der Waals surface area contributed by atoms with Crippen LogP contribution in [0.25, 0.3) is 10.9 Å². The Morgan fingerprint density at radius 2 is 1.94 bits per heavy atom. The Morgan fingerprint density at radius 3 is 2.59 bits per heavy atom. The van der Waals surface area contributed by atoms with Crippen LogP contribution in [0.15, 0.2) is 36.8 Å². The number of ether oxygens (including phenoxy) is 1. The molecule has 0 spiro atoms. The minimum absolute atomic E-state index is 0.0571. The van der Waals surface area contributed by atoms with Crippen LogP contribution in [0.2, 0.25) is 0 Å². The van der Waals surface area contributed by atoms with Crippen LogP contribution < -0.4 is 10.1 Å². The van der Waals surface area contributed by atoms with Gasteiger partial charge in [0.25, 0.3) is 5.91 Å². The zero-order chi connectivity index (χ0) is 23.4. The molecule has 8 nitrogen and oxygen atoms in total. The van der Waals surface area contributed by atoms with E-state index in [0.717, 1.165) is 0 Å². The van der Waals surface area contributed by atoms with Crippen molar-refractivity contribution in [3.8, 4) is 5.88 Å². The summed E-state index contributed by atoms with van der Waals surface area (Å²) in [5.41, 5.74) is 1.24. The summed E-state index contributed by atoms with van der Waals surface area (Å²) in [4.78, 5) is 20.1. The van der Waals surface area contributed by atoms with E-state index in [9.17, 15) is 26.7 Å². The van der Waals surface area contributed by atoms with Crippen molar-refractivity contribution in [2.75, 3.05) is 19.8 Å². The number of alkyl halides is 5. The summed E-state index contributed by atoms with van der Waals surface area (Å²) in [5.74, 6) is -5.78. The number of nitrogens with one attached hydrogen (secondary N) is 1. The van der Waals surface area contributed by atoms with Gasteiger partial charge in [-0.2, -0.15) is 27.1 Å². The molecule has 0 aliphatic carbocycles. The van der Waals surface area contributed by atoms with Crippen LogP contribution in [-0.4, -0.2) is 62.6 Å². The summed E-state index contributed by atoms with van der Waals surface area (Å²) in [6, 6.07) is 4.24. The van der Waals surface area contributed by atoms with Gasteiger partial charge in [-0.3, -0.25) is 14.5 Å². The number of hydrogen-bond acceptors (Lipinski definition) is 6. The highest BCUT2D eigenvalue weighted by Gasteiger charge is 2.58. The lowest BCUT2D eigenvalue weighted by Gasteiger charge is -2.19. The van der Waals surface area contributed by atoms with Gasteiger partial charge in [0, 0.05) is 37.8 Å². The molecule has 3 aromatic heterocycles. The molecule has 3 aromatic rings. The predicted molar refractivity (Wildman–Crippen MR) is 101 cm³/mol. The van der Waals surface area contributed by atoms with Gasteiger partial charge in [-0.05, 0) is 18.1 Å². The molecular weight excluding hydrogens is 441 g/mol. The first-order valence-electron chi connectivity index (χ1n) is 9.34. The third kappa shape index (κ3) is 5.46. The average molecular weight is 459 g/mol. The predicted octanol–water partition coefficient (Wildman–Crippen LogP) is 2.56. The second kappa shape index (κ2) is 9.42. The summed E-state index contributed by atoms with van der Waals surface area (Å²) in [7, 11) is 0. The Hall–Kier alpha value is -3.35. The number of amides is 1. The number of rotatable bonds is 9. The first kappa shape index (κ1) is 23.3. The zero-order valence-electron chi connectivity index (χ0n) is 16.4. The first-order chi connectivity index (χ1) is 15.1. The van der Waals surface area contributed by atoms with Crippen molar-refractivity contribution in [3.63, 3.8) is 0 Å². The van der Waals surface area contributed by atoms with E-state index >= 15 is 0 Å². The van der Waals surface area contributed by atoms with Gasteiger partial charge in [-0.25, -0.2) is 4.98 Å². The third-order valence-corrected chi connectivity index (χ3v) is 4.28. The number of nitrogens with zero attached hydrogens (tertiary/aromatic N) is 4. The molecule has 172 valence electrons. The fourth-order valence-electron chi connectivity index (χ4n) is 2.64. The van der Waals surface area contributed by atoms with Crippen LogP contribution >= 0.6 is 0 Å². The monoisotopic (exact) mass is 459 g/mol. The van der Waals surface area contributed by atoms with Crippen LogP contribution in [0.4, 0.5) is 22.0 Å². The lowest BCUT2D eigenvalue weighted by atomic mass is 10.2. The van der Waals surface area contributed by atoms with E-state index in [1.165, 1.54) is 29.2 Å². The molecule has 32 heavy (non-hydrogen) atoms. The van der Waals surface area contributed by atoms with Crippen molar-refractivity contribution in [2.45, 2.75) is 25.1 Å². The maximum absolute atomic E-state index is 12.9. The molecule has 0 bridgehead atoms. The van der Waals surface area contributed by atoms with E-state index in [-0.39, 0.29) is 31.3 Å². The van der Waals surface area contributed by atoms with Crippen LogP contribution in [0.3, 0.4) is 0 Å². The van der Waals surface area contributed by atoms with Gasteiger partial charge in [-0.15, -0.1) is 0 Å². The van der Waals surface area contributed by atoms with Gasteiger partial charge >= 0.3 is 12.1 Å². The summed E-state index contributed by atoms with van der Waals surface area (Å²) in [6.45, 7) is -1.45. The molecule has 0 aliphatic heterocycles. The lowest BCUT2D eigenvalue weighted by molar-refractivity contribution is -0.290. The highest BCUT2D eigenvalue weighted by atomic mass is 19.4. The average Bonchev–Trinajstić information content (AvgIpc) is 3.15. The van der Waals surface area contributed by atoms with Crippen molar-refractivity contribution < 1.29 is 36.6 Å². The summed E-state index contributed by atoms with van der Waals surface area (Å²) < 4.78 is 68.4. The molecule has 0 aromatic carbocycles. The topological polar surface area (TPSA) is 102 Å². The Morgan fingerprint density at radius 1 is 1.16 bits per heavy atom. The number of aliphatic hydroxyl groups is 1. The number of hydrogen-bond donors (Lipinski definition) is 2. The second-order valence-electron chi connectivity index (χ2n) is 6.75. The molecule has 0 saturated heterocycles. The normalized spacial score (nSPS) is 12.2. The van der Waals surface area contributed by atoms with Crippen LogP contribution in [0, 0.1) is 0 Å². The Kier molecular flexibility index (Phi) is 6.87. The van der Waals surface area contributed by atoms with Crippen LogP contribution in [-0.2, 0) is 6.54 Å². The van der Waals surface area contributed by atoms with Crippen molar-refractivity contribution in [3.05, 3.63) is 48.0 Å². The van der Waals surface area contributed by atoms with E-state index in [1.807, 2.05) is 0 Å². The van der Waals surface area contributed by atoms with E-state index in [2.05, 4.69) is 25.1 Å². The molecular formula is C19H18F5N5O3. The molecule has 0 atom stereocenters. The summed E-state index contributed by atoms with van der Waals surface area (Å²) in [6.07, 6.45) is -1.02. The Balaban J connectivity index is 1.68. The van der Waals surface area contributed by atoms with Gasteiger partial charge in [0.05, 0.1) is 17.4 Å². The smallest absolute Gasteiger partial charge is 0.456 e. The largest absolute Gasteiger partial charge is 0.471 e. The zero-order valence-corrected chi connectivity index (χ0v) is 16.4. The molecule has 2 N–H and O–H groups in total. The summed E-state index contributed by atoms with van der Waals surface area (Å²) >= 11 is 0. The van der Waals surface area contributed by atoms with Crippen molar-refractivity contribution in [1.82, 2.24) is 25.1 Å². The number of aliphatic hydroxyl groups excluding tert-OH is 1. The molecule has 0 fully saturated rings. The molecule has 0 aliphatic rings. The van der Waals surface area contributed by atoms with Gasteiger partial charge in [0.15, 0.2) is 6.61 Å². The van der Waals surface area contributed by atoms with Gasteiger partial charge < -0.3 is 15.2 Å². The van der Waals surface area contributed by atoms with Gasteiger partial charge in [0.1, 0.15) is 5.69 Å². The quantitative estimate of drug-likeness (QED) is 0.377. The lowest BCUT2D eigenvalue weighted by Crippen LogP contribution is -2.41. The minimum Gasteiger partial charge on any atom is -0.471 e. The molecule has 3 heterocycles. The number of halogens is 5. The molecule has 0 unspecified atom stereocenters. The highest BCUT2D eigenvalue weighted by molar-refractivity contribution is 6.04. The van der Waals surface area contributed by atoms with Gasteiger partial charge in [0.2, 0.25) is 5.88 Å². The molecule has 1 amide bonds. The number of pyridine rings is 2. The van der Waals surface area contributed by atoms with E-state index < -0.39 is 24.6 Å². The van der Waals surface area contributed by atoms with Crippen molar-refractivity contribution >= 4 is 16.8 Å². The van der Waals surface area contributed by atoms with E-state index in [4.69, 9.17) is 5.11 Å². The van der Waals surface area contributed by atoms with E-state index in [0.29, 0.717) is 22.9 Å². The van der Waals surface area contributed by atoms with Crippen LogP contribution in [0.1, 0.15) is 22.5 Å².